The Labute approximate surface area is 105 Å². The van der Waals surface area contributed by atoms with Gasteiger partial charge in [-0.05, 0) is 24.1 Å². The lowest BCUT2D eigenvalue weighted by molar-refractivity contribution is 0.549. The van der Waals surface area contributed by atoms with E-state index in [4.69, 9.17) is 0 Å². The molecule has 0 bridgehead atoms. The summed E-state index contributed by atoms with van der Waals surface area (Å²) < 4.78 is 1.72. The predicted octanol–water partition coefficient (Wildman–Crippen LogP) is 3.66. The van der Waals surface area contributed by atoms with Gasteiger partial charge in [0.1, 0.15) is 0 Å². The minimum atomic E-state index is 0.887. The van der Waals surface area contributed by atoms with Gasteiger partial charge in [-0.25, -0.2) is 0 Å². The smallest absolute Gasteiger partial charge is 0.218 e. The molecule has 1 heterocycles. The monoisotopic (exact) mass is 235 g/mol. The zero-order chi connectivity index (χ0) is 12.5. The van der Waals surface area contributed by atoms with Gasteiger partial charge in [0.15, 0.2) is 0 Å². The van der Waals surface area contributed by atoms with Crippen LogP contribution in [-0.4, -0.2) is 11.0 Å². The normalized spacial score (nSPS) is 10.7. The van der Waals surface area contributed by atoms with Crippen LogP contribution in [-0.2, 0) is 4.79 Å². The van der Waals surface area contributed by atoms with E-state index in [-0.39, 0.29) is 0 Å². The van der Waals surface area contributed by atoms with E-state index in [1.807, 2.05) is 48.5 Å². The van der Waals surface area contributed by atoms with E-state index in [1.54, 1.807) is 4.57 Å². The van der Waals surface area contributed by atoms with Crippen LogP contribution in [0.4, 0.5) is 0 Å². The van der Waals surface area contributed by atoms with Gasteiger partial charge in [0.05, 0.1) is 11.2 Å². The molecule has 0 aliphatic rings. The summed E-state index contributed by atoms with van der Waals surface area (Å²) in [7, 11) is 0. The van der Waals surface area contributed by atoms with E-state index < -0.39 is 0 Å². The zero-order valence-electron chi connectivity index (χ0n) is 10.1. The fourth-order valence-electron chi connectivity index (χ4n) is 2.49. The van der Waals surface area contributed by atoms with Gasteiger partial charge in [0.2, 0.25) is 6.41 Å². The number of fused-ring (bicyclic) bond motifs is 1. The Bertz CT molecular complexity index is 711. The number of carbonyl (C=O) groups is 1. The summed E-state index contributed by atoms with van der Waals surface area (Å²) in [5, 5.41) is 1.13. The summed E-state index contributed by atoms with van der Waals surface area (Å²) in [5.74, 6) is 0. The van der Waals surface area contributed by atoms with Crippen molar-refractivity contribution in [3.63, 3.8) is 0 Å². The molecule has 0 saturated heterocycles. The van der Waals surface area contributed by atoms with Crippen molar-refractivity contribution in [2.24, 2.45) is 0 Å². The van der Waals surface area contributed by atoms with Gasteiger partial charge in [-0.15, -0.1) is 0 Å². The Morgan fingerprint density at radius 1 is 0.944 bits per heavy atom. The van der Waals surface area contributed by atoms with Crippen molar-refractivity contribution in [1.29, 1.82) is 0 Å². The van der Waals surface area contributed by atoms with E-state index in [9.17, 15) is 4.79 Å². The molecule has 2 heteroatoms. The summed E-state index contributed by atoms with van der Waals surface area (Å²) in [5.41, 5.74) is 4.15. The molecule has 0 amide bonds. The molecule has 3 rings (SSSR count). The van der Waals surface area contributed by atoms with Crippen molar-refractivity contribution in [3.05, 3.63) is 60.2 Å². The number of aryl methyl sites for hydroxylation is 1. The highest BCUT2D eigenvalue weighted by atomic mass is 16.1. The Balaban J connectivity index is 2.42. The maximum absolute atomic E-state index is 11.4. The Morgan fingerprint density at radius 2 is 1.61 bits per heavy atom. The van der Waals surface area contributed by atoms with Crippen LogP contribution in [0.25, 0.3) is 22.2 Å². The highest BCUT2D eigenvalue weighted by Gasteiger charge is 2.14. The number of hydrogen-bond acceptors (Lipinski definition) is 1. The first-order valence-corrected chi connectivity index (χ1v) is 5.93. The van der Waals surface area contributed by atoms with Crippen molar-refractivity contribution >= 4 is 17.3 Å². The number of aromatic nitrogens is 1. The molecule has 2 aromatic carbocycles. The highest BCUT2D eigenvalue weighted by Crippen LogP contribution is 2.31. The summed E-state index contributed by atoms with van der Waals surface area (Å²) in [6.07, 6.45) is 0.887. The number of hydrogen-bond donors (Lipinski definition) is 0. The first-order valence-electron chi connectivity index (χ1n) is 5.93. The van der Waals surface area contributed by atoms with Gasteiger partial charge in [-0.3, -0.25) is 9.36 Å². The van der Waals surface area contributed by atoms with Gasteiger partial charge < -0.3 is 0 Å². The van der Waals surface area contributed by atoms with Crippen molar-refractivity contribution in [2.45, 2.75) is 6.92 Å². The second-order valence-corrected chi connectivity index (χ2v) is 4.33. The summed E-state index contributed by atoms with van der Waals surface area (Å²) in [6, 6.07) is 18.0. The predicted molar refractivity (Wildman–Crippen MR) is 74.3 cm³/mol. The Kier molecular flexibility index (Phi) is 2.49. The average Bonchev–Trinajstić information content (AvgIpc) is 2.73. The fraction of sp³-hybridized carbons (Fsp3) is 0.0625. The molecule has 18 heavy (non-hydrogen) atoms. The molecule has 88 valence electrons. The number of benzene rings is 2. The first-order chi connectivity index (χ1) is 8.83. The SMILES string of the molecule is Cc1c(-c2ccccc2)n(C=O)c2ccccc12. The third kappa shape index (κ3) is 1.46. The Hall–Kier alpha value is -2.35. The van der Waals surface area contributed by atoms with Crippen molar-refractivity contribution < 1.29 is 4.79 Å². The van der Waals surface area contributed by atoms with Crippen molar-refractivity contribution in [3.8, 4) is 11.3 Å². The average molecular weight is 235 g/mol. The van der Waals surface area contributed by atoms with Crippen LogP contribution in [0.2, 0.25) is 0 Å². The van der Waals surface area contributed by atoms with E-state index in [1.165, 1.54) is 0 Å². The lowest BCUT2D eigenvalue weighted by Gasteiger charge is -2.04. The van der Waals surface area contributed by atoms with Crippen LogP contribution in [0, 0.1) is 6.92 Å². The molecule has 3 aromatic rings. The third-order valence-corrected chi connectivity index (χ3v) is 3.32. The Morgan fingerprint density at radius 3 is 2.33 bits per heavy atom. The van der Waals surface area contributed by atoms with E-state index >= 15 is 0 Å². The second-order valence-electron chi connectivity index (χ2n) is 4.33. The van der Waals surface area contributed by atoms with Gasteiger partial charge in [0, 0.05) is 5.39 Å². The number of rotatable bonds is 2. The molecule has 0 saturated carbocycles. The number of carbonyl (C=O) groups excluding carboxylic acids is 1. The van der Waals surface area contributed by atoms with Gasteiger partial charge >= 0.3 is 0 Å². The third-order valence-electron chi connectivity index (χ3n) is 3.32. The van der Waals surface area contributed by atoms with Crippen molar-refractivity contribution in [2.75, 3.05) is 0 Å². The van der Waals surface area contributed by atoms with Gasteiger partial charge in [-0.1, -0.05) is 48.5 Å². The maximum atomic E-state index is 11.4. The molecule has 0 aliphatic carbocycles. The van der Waals surface area contributed by atoms with Crippen LogP contribution in [0.1, 0.15) is 5.56 Å². The molecule has 0 atom stereocenters. The minimum absolute atomic E-state index is 0.887. The minimum Gasteiger partial charge on any atom is -0.282 e. The topological polar surface area (TPSA) is 22.0 Å². The van der Waals surface area contributed by atoms with Crippen LogP contribution >= 0.6 is 0 Å². The summed E-state index contributed by atoms with van der Waals surface area (Å²) in [4.78, 5) is 11.4. The molecule has 0 spiro atoms. The summed E-state index contributed by atoms with van der Waals surface area (Å²) in [6.45, 7) is 2.06. The molecule has 1 aromatic heterocycles. The molecular formula is C16H13NO. The second kappa shape index (κ2) is 4.15. The largest absolute Gasteiger partial charge is 0.282 e. The van der Waals surface area contributed by atoms with Crippen LogP contribution in [0.3, 0.4) is 0 Å². The zero-order valence-corrected chi connectivity index (χ0v) is 10.1. The maximum Gasteiger partial charge on any atom is 0.218 e. The van der Waals surface area contributed by atoms with Crippen LogP contribution in [0.15, 0.2) is 54.6 Å². The molecule has 0 N–H and O–H groups in total. The van der Waals surface area contributed by atoms with Crippen LogP contribution in [0.5, 0.6) is 0 Å². The lowest BCUT2D eigenvalue weighted by atomic mass is 10.1. The summed E-state index contributed by atoms with van der Waals surface area (Å²) >= 11 is 0. The van der Waals surface area contributed by atoms with E-state index in [0.717, 1.165) is 34.1 Å². The van der Waals surface area contributed by atoms with Crippen LogP contribution < -0.4 is 0 Å². The number of nitrogens with zero attached hydrogens (tertiary/aromatic N) is 1. The van der Waals surface area contributed by atoms with Crippen molar-refractivity contribution in [1.82, 2.24) is 4.57 Å². The lowest BCUT2D eigenvalue weighted by Crippen LogP contribution is -1.97. The molecule has 0 fully saturated rings. The van der Waals surface area contributed by atoms with E-state index in [2.05, 4.69) is 13.0 Å². The fourth-order valence-corrected chi connectivity index (χ4v) is 2.49. The molecule has 2 nitrogen and oxygen atoms in total. The number of para-hydroxylation sites is 1. The molecule has 0 unspecified atom stereocenters. The standard InChI is InChI=1S/C16H13NO/c1-12-14-9-5-6-10-15(14)17(11-18)16(12)13-7-3-2-4-8-13/h2-11H,1H3. The molecule has 0 radical (unpaired) electrons. The highest BCUT2D eigenvalue weighted by molar-refractivity contribution is 5.96. The van der Waals surface area contributed by atoms with E-state index in [0.29, 0.717) is 0 Å². The van der Waals surface area contributed by atoms with Gasteiger partial charge in [0.25, 0.3) is 0 Å². The molecule has 0 aliphatic heterocycles. The molecular weight excluding hydrogens is 222 g/mol. The van der Waals surface area contributed by atoms with Gasteiger partial charge in [-0.2, -0.15) is 0 Å². The first kappa shape index (κ1) is 10.8. The quantitative estimate of drug-likeness (QED) is 0.621.